The summed E-state index contributed by atoms with van der Waals surface area (Å²) in [4.78, 5) is 29.5. The van der Waals surface area contributed by atoms with Gasteiger partial charge in [0.2, 0.25) is 0 Å². The van der Waals surface area contributed by atoms with Crippen LogP contribution >= 0.6 is 0 Å². The van der Waals surface area contributed by atoms with Gasteiger partial charge in [-0.05, 0) is 30.9 Å². The first kappa shape index (κ1) is 15.1. The topological polar surface area (TPSA) is 95.4 Å². The van der Waals surface area contributed by atoms with Gasteiger partial charge in [0, 0.05) is 4.91 Å². The monoisotopic (exact) mass is 312 g/mol. The van der Waals surface area contributed by atoms with Gasteiger partial charge in [-0.2, -0.15) is 0 Å². The molecule has 2 aliphatic rings. The largest absolute Gasteiger partial charge is 0.461 e. The van der Waals surface area contributed by atoms with Gasteiger partial charge in [0.1, 0.15) is 12.1 Å². The van der Waals surface area contributed by atoms with Crippen LogP contribution in [0.15, 0.2) is 47.2 Å². The molecule has 0 spiro atoms. The minimum atomic E-state index is -1.07. The number of benzene rings is 1. The number of hydrogen-bond acceptors (Lipinski definition) is 4. The summed E-state index contributed by atoms with van der Waals surface area (Å²) >= 11 is 0. The molecule has 1 amide bonds. The maximum atomic E-state index is 12.9. The highest BCUT2D eigenvalue weighted by molar-refractivity contribution is 5.98. The Kier molecular flexibility index (Phi) is 3.80. The van der Waals surface area contributed by atoms with Crippen LogP contribution in [0.2, 0.25) is 0 Å². The van der Waals surface area contributed by atoms with Crippen LogP contribution in [-0.4, -0.2) is 28.9 Å². The van der Waals surface area contributed by atoms with Crippen LogP contribution in [-0.2, 0) is 14.3 Å². The van der Waals surface area contributed by atoms with E-state index >= 15 is 0 Å². The van der Waals surface area contributed by atoms with Crippen LogP contribution < -0.4 is 0 Å². The van der Waals surface area contributed by atoms with Crippen LogP contribution in [0.3, 0.4) is 0 Å². The van der Waals surface area contributed by atoms with E-state index in [9.17, 15) is 9.59 Å². The molecule has 0 aliphatic carbocycles. The summed E-state index contributed by atoms with van der Waals surface area (Å²) in [7, 11) is 0. The zero-order valence-corrected chi connectivity index (χ0v) is 12.7. The minimum absolute atomic E-state index is 0.0341. The number of azide groups is 1. The second-order valence-corrected chi connectivity index (χ2v) is 5.79. The smallest absolute Gasteiger partial charge is 0.331 e. The van der Waals surface area contributed by atoms with Crippen molar-refractivity contribution in [3.05, 3.63) is 58.1 Å². The summed E-state index contributed by atoms with van der Waals surface area (Å²) in [5, 5.41) is 3.50. The second kappa shape index (κ2) is 5.78. The first-order valence-electron chi connectivity index (χ1n) is 7.39. The number of hydrogen-bond donors (Lipinski definition) is 0. The summed E-state index contributed by atoms with van der Waals surface area (Å²) < 4.78 is 5.36. The number of morpholine rings is 1. The molecule has 0 bridgehead atoms. The molecule has 1 fully saturated rings. The molecule has 0 N–H and O–H groups in total. The van der Waals surface area contributed by atoms with Crippen molar-refractivity contribution in [1.29, 1.82) is 0 Å². The maximum absolute atomic E-state index is 12.9. The van der Waals surface area contributed by atoms with Crippen LogP contribution in [0.5, 0.6) is 0 Å². The van der Waals surface area contributed by atoms with Gasteiger partial charge in [0.25, 0.3) is 5.91 Å². The van der Waals surface area contributed by atoms with E-state index in [0.29, 0.717) is 12.8 Å². The first-order valence-corrected chi connectivity index (χ1v) is 7.39. The van der Waals surface area contributed by atoms with Crippen LogP contribution in [0, 0.1) is 0 Å². The van der Waals surface area contributed by atoms with Gasteiger partial charge in [-0.3, -0.25) is 4.79 Å². The molecule has 2 atom stereocenters. The van der Waals surface area contributed by atoms with Crippen molar-refractivity contribution in [3.8, 4) is 0 Å². The lowest BCUT2D eigenvalue weighted by Gasteiger charge is -2.47. The summed E-state index contributed by atoms with van der Waals surface area (Å²) in [6.07, 6.45) is 2.47. The van der Waals surface area contributed by atoms with E-state index < -0.39 is 23.5 Å². The average molecular weight is 312 g/mol. The fourth-order valence-electron chi connectivity index (χ4n) is 3.17. The number of amides is 1. The summed E-state index contributed by atoms with van der Waals surface area (Å²) in [5.41, 5.74) is 8.52. The minimum Gasteiger partial charge on any atom is -0.461 e. The second-order valence-electron chi connectivity index (χ2n) is 5.79. The van der Waals surface area contributed by atoms with Crippen LogP contribution in [0.1, 0.15) is 31.4 Å². The Hall–Kier alpha value is -2.79. The van der Waals surface area contributed by atoms with Crippen molar-refractivity contribution in [2.45, 2.75) is 31.3 Å². The van der Waals surface area contributed by atoms with Crippen molar-refractivity contribution >= 4 is 11.9 Å². The normalized spacial score (nSPS) is 27.3. The van der Waals surface area contributed by atoms with E-state index in [1.54, 1.807) is 13.0 Å². The Labute approximate surface area is 133 Å². The Balaban J connectivity index is 2.10. The highest BCUT2D eigenvalue weighted by Crippen LogP contribution is 2.40. The lowest BCUT2D eigenvalue weighted by atomic mass is 9.89. The molecule has 118 valence electrons. The number of esters is 1. The summed E-state index contributed by atoms with van der Waals surface area (Å²) in [6, 6.07) is 9.00. The molecule has 7 nitrogen and oxygen atoms in total. The Bertz CT molecular complexity index is 724. The van der Waals surface area contributed by atoms with E-state index in [1.165, 1.54) is 4.90 Å². The molecule has 1 aromatic carbocycles. The number of carbonyl (C=O) groups excluding carboxylic acids is 2. The zero-order valence-electron chi connectivity index (χ0n) is 12.7. The number of carbonyl (C=O) groups is 2. The SMILES string of the molecule is C[C@@]12CCC=C(N=[N+]=[N-])C(=O)N1[C@H](c1ccccc1)COC2=O. The number of nitrogens with zero attached hydrogens (tertiary/aromatic N) is 4. The van der Waals surface area contributed by atoms with E-state index in [4.69, 9.17) is 10.3 Å². The predicted octanol–water partition coefficient (Wildman–Crippen LogP) is 2.86. The summed E-state index contributed by atoms with van der Waals surface area (Å²) in [6.45, 7) is 1.79. The quantitative estimate of drug-likeness (QED) is 0.363. The van der Waals surface area contributed by atoms with Crippen molar-refractivity contribution in [2.24, 2.45) is 5.11 Å². The number of rotatable bonds is 2. The molecule has 1 aromatic rings. The molecule has 2 aliphatic heterocycles. The number of fused-ring (bicyclic) bond motifs is 1. The summed E-state index contributed by atoms with van der Waals surface area (Å²) in [5.74, 6) is -0.859. The van der Waals surface area contributed by atoms with Gasteiger partial charge in [-0.25, -0.2) is 4.79 Å². The number of allylic oxidation sites excluding steroid dienone is 1. The van der Waals surface area contributed by atoms with Gasteiger partial charge in [0.15, 0.2) is 0 Å². The molecule has 3 rings (SSSR count). The molecule has 0 saturated carbocycles. The molecule has 0 unspecified atom stereocenters. The number of ether oxygens (including phenoxy) is 1. The maximum Gasteiger partial charge on any atom is 0.331 e. The zero-order chi connectivity index (χ0) is 16.4. The van der Waals surface area contributed by atoms with E-state index in [1.807, 2.05) is 30.3 Å². The standard InChI is InChI=1S/C16H16N4O3/c1-16-9-5-8-12(18-19-17)14(21)20(16)13(10-23-15(16)22)11-6-3-2-4-7-11/h2-4,6-8,13H,5,9-10H2,1H3/t13-,16-/m0/s1. The molecule has 0 radical (unpaired) electrons. The van der Waals surface area contributed by atoms with Crippen molar-refractivity contribution in [2.75, 3.05) is 6.61 Å². The van der Waals surface area contributed by atoms with Crippen molar-refractivity contribution in [3.63, 3.8) is 0 Å². The van der Waals surface area contributed by atoms with E-state index in [2.05, 4.69) is 10.0 Å². The molecular formula is C16H16N4O3. The Morgan fingerprint density at radius 1 is 1.35 bits per heavy atom. The Morgan fingerprint density at radius 3 is 2.78 bits per heavy atom. The van der Waals surface area contributed by atoms with Gasteiger partial charge >= 0.3 is 5.97 Å². The fraction of sp³-hybridized carbons (Fsp3) is 0.375. The molecule has 7 heteroatoms. The van der Waals surface area contributed by atoms with Crippen molar-refractivity contribution < 1.29 is 14.3 Å². The fourth-order valence-corrected chi connectivity index (χ4v) is 3.17. The lowest BCUT2D eigenvalue weighted by Crippen LogP contribution is -2.61. The average Bonchev–Trinajstić information content (AvgIpc) is 2.68. The molecule has 0 aromatic heterocycles. The molecular weight excluding hydrogens is 296 g/mol. The molecule has 1 saturated heterocycles. The Morgan fingerprint density at radius 2 is 2.09 bits per heavy atom. The third kappa shape index (κ3) is 2.45. The van der Waals surface area contributed by atoms with Crippen LogP contribution in [0.4, 0.5) is 0 Å². The van der Waals surface area contributed by atoms with Gasteiger partial charge in [-0.1, -0.05) is 41.5 Å². The van der Waals surface area contributed by atoms with E-state index in [0.717, 1.165) is 5.56 Å². The van der Waals surface area contributed by atoms with Crippen LogP contribution in [0.25, 0.3) is 10.4 Å². The lowest BCUT2D eigenvalue weighted by molar-refractivity contribution is -0.179. The van der Waals surface area contributed by atoms with Gasteiger partial charge in [0.05, 0.1) is 11.7 Å². The molecule has 23 heavy (non-hydrogen) atoms. The highest BCUT2D eigenvalue weighted by atomic mass is 16.5. The third-order valence-electron chi connectivity index (χ3n) is 4.40. The van der Waals surface area contributed by atoms with E-state index in [-0.39, 0.29) is 12.3 Å². The van der Waals surface area contributed by atoms with Crippen molar-refractivity contribution in [1.82, 2.24) is 4.90 Å². The van der Waals surface area contributed by atoms with Gasteiger partial charge in [-0.15, -0.1) is 0 Å². The first-order chi connectivity index (χ1) is 11.1. The number of cyclic esters (lactones) is 1. The van der Waals surface area contributed by atoms with Gasteiger partial charge < -0.3 is 9.64 Å². The third-order valence-corrected chi connectivity index (χ3v) is 4.40. The predicted molar refractivity (Wildman–Crippen MR) is 81.9 cm³/mol. The molecule has 2 heterocycles. The highest BCUT2D eigenvalue weighted by Gasteiger charge is 2.51.